The molecule has 2 aromatic carbocycles. The van der Waals surface area contributed by atoms with Crippen LogP contribution in [0.3, 0.4) is 0 Å². The van der Waals surface area contributed by atoms with Gasteiger partial charge in [-0.1, -0.05) is 24.3 Å². The predicted octanol–water partition coefficient (Wildman–Crippen LogP) is 5.51. The zero-order valence-electron chi connectivity index (χ0n) is 19.8. The van der Waals surface area contributed by atoms with Gasteiger partial charge in [-0.15, -0.1) is 0 Å². The van der Waals surface area contributed by atoms with Gasteiger partial charge in [-0.05, 0) is 49.7 Å². The lowest BCUT2D eigenvalue weighted by Gasteiger charge is -2.29. The maximum atomic E-state index is 15.1. The first-order valence-electron chi connectivity index (χ1n) is 11.3. The number of methoxy groups -OCH3 is 1. The van der Waals surface area contributed by atoms with E-state index in [9.17, 15) is 0 Å². The number of aliphatic imine (C=N–C) groups is 1. The number of halogens is 1. The molecule has 6 nitrogen and oxygen atoms in total. The fourth-order valence-electron chi connectivity index (χ4n) is 4.16. The van der Waals surface area contributed by atoms with Gasteiger partial charge >= 0.3 is 0 Å². The summed E-state index contributed by atoms with van der Waals surface area (Å²) in [4.78, 5) is 15.7. The van der Waals surface area contributed by atoms with E-state index in [0.717, 1.165) is 46.5 Å². The molecule has 3 aromatic rings. The van der Waals surface area contributed by atoms with Gasteiger partial charge in [0, 0.05) is 43.1 Å². The second kappa shape index (κ2) is 10.7. The highest BCUT2D eigenvalue weighted by molar-refractivity contribution is 5.94. The number of hydrogen-bond donors (Lipinski definition) is 0. The van der Waals surface area contributed by atoms with Crippen LogP contribution in [0.5, 0.6) is 0 Å². The quantitative estimate of drug-likeness (QED) is 0.435. The van der Waals surface area contributed by atoms with Gasteiger partial charge in [-0.2, -0.15) is 0 Å². The maximum Gasteiger partial charge on any atom is 0.132 e. The fourth-order valence-corrected chi connectivity index (χ4v) is 4.16. The van der Waals surface area contributed by atoms with Crippen LogP contribution in [0.4, 0.5) is 10.1 Å². The first-order valence-corrected chi connectivity index (χ1v) is 11.3. The van der Waals surface area contributed by atoms with Crippen LogP contribution >= 0.6 is 0 Å². The van der Waals surface area contributed by atoms with Gasteiger partial charge in [-0.25, -0.2) is 14.4 Å². The van der Waals surface area contributed by atoms with Gasteiger partial charge in [0.05, 0.1) is 30.1 Å². The number of fused-ring (bicyclic) bond motifs is 1. The molecule has 34 heavy (non-hydrogen) atoms. The molecule has 2 heterocycles. The van der Waals surface area contributed by atoms with Crippen molar-refractivity contribution in [2.24, 2.45) is 4.99 Å². The largest absolute Gasteiger partial charge is 0.378 e. The zero-order chi connectivity index (χ0) is 24.1. The minimum absolute atomic E-state index is 0.357. The molecule has 1 unspecified atom stereocenters. The molecule has 0 amide bonds. The summed E-state index contributed by atoms with van der Waals surface area (Å²) in [5, 5.41) is 0.789. The molecule has 0 N–H and O–H groups in total. The molecule has 1 saturated heterocycles. The first kappa shape index (κ1) is 23.7. The second-order valence-electron chi connectivity index (χ2n) is 8.28. The third-order valence-corrected chi connectivity index (χ3v) is 5.86. The molecule has 1 fully saturated rings. The number of ether oxygens (including phenoxy) is 2. The summed E-state index contributed by atoms with van der Waals surface area (Å²) in [6.07, 6.45) is 4.27. The van der Waals surface area contributed by atoms with Crippen molar-refractivity contribution in [2.45, 2.75) is 20.0 Å². The summed E-state index contributed by atoms with van der Waals surface area (Å²) in [7, 11) is 1.62. The van der Waals surface area contributed by atoms with E-state index in [1.54, 1.807) is 31.5 Å². The van der Waals surface area contributed by atoms with Crippen LogP contribution < -0.4 is 4.90 Å². The van der Waals surface area contributed by atoms with Crippen molar-refractivity contribution in [2.75, 3.05) is 38.3 Å². The van der Waals surface area contributed by atoms with Gasteiger partial charge in [-0.3, -0.25) is 4.99 Å². The highest BCUT2D eigenvalue weighted by Gasteiger charge is 2.21. The Kier molecular flexibility index (Phi) is 7.45. The van der Waals surface area contributed by atoms with Crippen molar-refractivity contribution in [3.63, 3.8) is 0 Å². The average molecular weight is 461 g/mol. The third-order valence-electron chi connectivity index (χ3n) is 5.86. The standard InChI is InChI=1S/C27H29FN4O2/c1-5-10-29-25(18(2)3)27(33-4)19-6-9-23(28)22(15-19)26-21-8-7-20(16-24(21)30-17-31-26)32-11-13-34-14-12-32/h5-10,15-17,27H,1,11-14H2,2-4H3. The van der Waals surface area contributed by atoms with Gasteiger partial charge in [0.25, 0.3) is 0 Å². The predicted molar refractivity (Wildman–Crippen MR) is 135 cm³/mol. The highest BCUT2D eigenvalue weighted by atomic mass is 19.1. The molecule has 0 aliphatic carbocycles. The number of anilines is 1. The normalized spacial score (nSPS) is 15.0. The number of nitrogens with zero attached hydrogens (tertiary/aromatic N) is 4. The monoisotopic (exact) mass is 460 g/mol. The molecule has 4 rings (SSSR count). The molecule has 176 valence electrons. The molecule has 0 bridgehead atoms. The molecule has 7 heteroatoms. The van der Waals surface area contributed by atoms with Crippen LogP contribution in [0.1, 0.15) is 25.5 Å². The highest BCUT2D eigenvalue weighted by Crippen LogP contribution is 2.35. The Labute approximate surface area is 199 Å². The molecular formula is C27H29FN4O2. The van der Waals surface area contributed by atoms with Crippen LogP contribution in [0.25, 0.3) is 22.2 Å². The minimum Gasteiger partial charge on any atom is -0.378 e. The number of allylic oxidation sites excluding steroid dienone is 2. The van der Waals surface area contributed by atoms with Crippen molar-refractivity contribution >= 4 is 22.8 Å². The van der Waals surface area contributed by atoms with Gasteiger partial charge in [0.15, 0.2) is 0 Å². The van der Waals surface area contributed by atoms with Crippen molar-refractivity contribution < 1.29 is 13.9 Å². The summed E-state index contributed by atoms with van der Waals surface area (Å²) in [5.74, 6) is -0.357. The van der Waals surface area contributed by atoms with Gasteiger partial charge < -0.3 is 14.4 Å². The van der Waals surface area contributed by atoms with Crippen molar-refractivity contribution in [1.29, 1.82) is 0 Å². The van der Waals surface area contributed by atoms with E-state index in [1.807, 2.05) is 32.0 Å². The van der Waals surface area contributed by atoms with Crippen LogP contribution in [0, 0.1) is 5.82 Å². The van der Waals surface area contributed by atoms with Crippen molar-refractivity contribution in [3.05, 3.63) is 78.0 Å². The van der Waals surface area contributed by atoms with E-state index < -0.39 is 6.10 Å². The summed E-state index contributed by atoms with van der Waals surface area (Å²) >= 11 is 0. The maximum absolute atomic E-state index is 15.1. The van der Waals surface area contributed by atoms with Gasteiger partial charge in [0.1, 0.15) is 18.2 Å². The molecule has 0 radical (unpaired) electrons. The van der Waals surface area contributed by atoms with E-state index in [0.29, 0.717) is 24.5 Å². The zero-order valence-corrected chi connectivity index (χ0v) is 19.8. The molecule has 0 saturated carbocycles. The lowest BCUT2D eigenvalue weighted by atomic mass is 9.98. The van der Waals surface area contributed by atoms with Crippen molar-refractivity contribution in [3.8, 4) is 11.3 Å². The SMILES string of the molecule is C=CC=NC(=C(C)C)C(OC)c1ccc(F)c(-c2ncnc3cc(N4CCOCC4)ccc23)c1. The van der Waals surface area contributed by atoms with E-state index in [1.165, 1.54) is 12.4 Å². The number of hydrogen-bond acceptors (Lipinski definition) is 6. The molecule has 1 aliphatic heterocycles. The number of morpholine rings is 1. The van der Waals surface area contributed by atoms with Gasteiger partial charge in [0.2, 0.25) is 0 Å². The Morgan fingerprint density at radius 1 is 1.18 bits per heavy atom. The topological polar surface area (TPSA) is 59.8 Å². The fraction of sp³-hybridized carbons (Fsp3) is 0.296. The summed E-state index contributed by atoms with van der Waals surface area (Å²) in [6, 6.07) is 11.0. The van der Waals surface area contributed by atoms with Crippen LogP contribution in [0.2, 0.25) is 0 Å². The van der Waals surface area contributed by atoms with Crippen LogP contribution in [-0.4, -0.2) is 49.6 Å². The van der Waals surface area contributed by atoms with Crippen molar-refractivity contribution in [1.82, 2.24) is 9.97 Å². The second-order valence-corrected chi connectivity index (χ2v) is 8.28. The molecule has 1 aromatic heterocycles. The summed E-state index contributed by atoms with van der Waals surface area (Å²) in [6.45, 7) is 10.7. The smallest absolute Gasteiger partial charge is 0.132 e. The molecule has 1 atom stereocenters. The summed E-state index contributed by atoms with van der Waals surface area (Å²) in [5.41, 5.74) is 5.31. The molecule has 1 aliphatic rings. The number of aromatic nitrogens is 2. The van der Waals surface area contributed by atoms with E-state index in [-0.39, 0.29) is 5.82 Å². The lowest BCUT2D eigenvalue weighted by molar-refractivity contribution is 0.122. The number of benzene rings is 2. The third kappa shape index (κ3) is 4.90. The van der Waals surface area contributed by atoms with E-state index in [4.69, 9.17) is 9.47 Å². The van der Waals surface area contributed by atoms with E-state index in [2.05, 4.69) is 26.4 Å². The average Bonchev–Trinajstić information content (AvgIpc) is 2.87. The summed E-state index contributed by atoms with van der Waals surface area (Å²) < 4.78 is 26.3. The Bertz CT molecular complexity index is 1240. The Morgan fingerprint density at radius 3 is 2.68 bits per heavy atom. The molecule has 0 spiro atoms. The lowest BCUT2D eigenvalue weighted by Crippen LogP contribution is -2.36. The Balaban J connectivity index is 1.78. The van der Waals surface area contributed by atoms with Crippen LogP contribution in [-0.2, 0) is 9.47 Å². The molecular weight excluding hydrogens is 431 g/mol. The Hall–Kier alpha value is -3.42. The Morgan fingerprint density at radius 2 is 1.97 bits per heavy atom. The van der Waals surface area contributed by atoms with E-state index >= 15 is 4.39 Å². The number of rotatable bonds is 7. The minimum atomic E-state index is -0.457. The first-order chi connectivity index (χ1) is 16.5. The van der Waals surface area contributed by atoms with Crippen LogP contribution in [0.15, 0.2) is 71.6 Å².